The number of ether oxygens (including phenoxy) is 3. The summed E-state index contributed by atoms with van der Waals surface area (Å²) in [5.74, 6) is -0.350. The maximum Gasteiger partial charge on any atom is 0.240 e. The van der Waals surface area contributed by atoms with Crippen LogP contribution in [0.2, 0.25) is 0 Å². The minimum atomic E-state index is -0.659. The highest BCUT2D eigenvalue weighted by Gasteiger charge is 2.23. The van der Waals surface area contributed by atoms with E-state index in [1.165, 1.54) is 12.1 Å². The molecule has 0 aliphatic rings. The van der Waals surface area contributed by atoms with Gasteiger partial charge in [0.1, 0.15) is 17.6 Å². The molecule has 0 saturated heterocycles. The van der Waals surface area contributed by atoms with E-state index in [-0.39, 0.29) is 36.7 Å². The predicted octanol–water partition coefficient (Wildman–Crippen LogP) is 3.94. The topological polar surface area (TPSA) is 146 Å². The molecular weight excluding hydrogens is 529 g/mol. The Morgan fingerprint density at radius 3 is 2.37 bits per heavy atom. The predicted molar refractivity (Wildman–Crippen MR) is 159 cm³/mol. The molecule has 0 spiro atoms. The van der Waals surface area contributed by atoms with E-state index in [1.54, 1.807) is 26.2 Å². The zero-order valence-electron chi connectivity index (χ0n) is 24.9. The quantitative estimate of drug-likeness (QED) is 0.196. The van der Waals surface area contributed by atoms with Crippen molar-refractivity contribution >= 4 is 11.8 Å². The van der Waals surface area contributed by atoms with Gasteiger partial charge in [-0.3, -0.25) is 9.59 Å². The van der Waals surface area contributed by atoms with Gasteiger partial charge in [0.25, 0.3) is 0 Å². The molecule has 0 aliphatic heterocycles. The first kappa shape index (κ1) is 36.0. The van der Waals surface area contributed by atoms with Crippen molar-refractivity contribution in [1.29, 1.82) is 0 Å². The number of nitrogens with two attached hydrogens (primary N) is 2. The zero-order chi connectivity index (χ0) is 30.6. The Hall–Kier alpha value is -3.05. The van der Waals surface area contributed by atoms with Gasteiger partial charge in [-0.2, -0.15) is 0 Å². The summed E-state index contributed by atoms with van der Waals surface area (Å²) in [6.07, 6.45) is 2.94. The molecule has 0 fully saturated rings. The molecule has 3 unspecified atom stereocenters. The summed E-state index contributed by atoms with van der Waals surface area (Å²) in [7, 11) is 1.65. The number of halogens is 1. The van der Waals surface area contributed by atoms with E-state index in [4.69, 9.17) is 30.8 Å². The molecule has 230 valence electrons. The number of hydrogen-bond donors (Lipinski definition) is 4. The van der Waals surface area contributed by atoms with Gasteiger partial charge >= 0.3 is 0 Å². The first-order valence-corrected chi connectivity index (χ1v) is 14.2. The highest BCUT2D eigenvalue weighted by molar-refractivity contribution is 5.86. The molecule has 2 aromatic carbocycles. The minimum absolute atomic E-state index is 0.0202. The van der Waals surface area contributed by atoms with Crippen molar-refractivity contribution in [2.24, 2.45) is 17.4 Å². The summed E-state index contributed by atoms with van der Waals surface area (Å²) in [6.45, 7) is 7.53. The van der Waals surface area contributed by atoms with Crippen LogP contribution in [-0.4, -0.2) is 62.5 Å². The summed E-state index contributed by atoms with van der Waals surface area (Å²) in [5.41, 5.74) is 14.2. The van der Waals surface area contributed by atoms with Gasteiger partial charge < -0.3 is 36.1 Å². The van der Waals surface area contributed by atoms with Crippen LogP contribution in [0.5, 0.6) is 5.75 Å². The molecule has 0 aromatic heterocycles. The average Bonchev–Trinajstić information content (AvgIpc) is 2.94. The highest BCUT2D eigenvalue weighted by atomic mass is 19.1. The second-order valence-electron chi connectivity index (χ2n) is 9.85. The number of amides is 2. The number of carbonyl (C=O) groups excluding carboxylic acids is 2. The molecule has 0 aliphatic carbocycles. The molecule has 9 nitrogen and oxygen atoms in total. The molecule has 3 atom stereocenters. The number of aliphatic hydroxyl groups is 1. The van der Waals surface area contributed by atoms with Crippen LogP contribution in [0.25, 0.3) is 11.1 Å². The molecule has 2 aromatic rings. The van der Waals surface area contributed by atoms with E-state index in [9.17, 15) is 14.0 Å². The normalized spacial score (nSPS) is 13.0. The SMILES string of the molecule is CCC(C)C(NC(=O)CCCC(N)COCc1ccc(-c2ccc(F)cc2)c(OCCCOC)c1)C(N)=O.CCO. The number of carbonyl (C=O) groups is 2. The first-order chi connectivity index (χ1) is 19.7. The van der Waals surface area contributed by atoms with Crippen LogP contribution in [-0.2, 0) is 25.7 Å². The van der Waals surface area contributed by atoms with Gasteiger partial charge in [0, 0.05) is 44.8 Å². The Bertz CT molecular complexity index is 1020. The van der Waals surface area contributed by atoms with Crippen LogP contribution in [0.3, 0.4) is 0 Å². The fourth-order valence-corrected chi connectivity index (χ4v) is 3.94. The molecular formula is C31H48FN3O6. The third-order valence-electron chi connectivity index (χ3n) is 6.37. The largest absolute Gasteiger partial charge is 0.493 e. The molecule has 6 N–H and O–H groups in total. The maximum absolute atomic E-state index is 13.4. The van der Waals surface area contributed by atoms with Crippen molar-refractivity contribution in [2.45, 2.75) is 71.6 Å². The zero-order valence-corrected chi connectivity index (χ0v) is 24.9. The summed E-state index contributed by atoms with van der Waals surface area (Å²) < 4.78 is 30.3. The van der Waals surface area contributed by atoms with Gasteiger partial charge in [-0.15, -0.1) is 0 Å². The molecule has 10 heteroatoms. The van der Waals surface area contributed by atoms with E-state index in [1.807, 2.05) is 32.0 Å². The van der Waals surface area contributed by atoms with Gasteiger partial charge in [0.15, 0.2) is 0 Å². The van der Waals surface area contributed by atoms with E-state index in [0.29, 0.717) is 45.0 Å². The van der Waals surface area contributed by atoms with Gasteiger partial charge in [-0.25, -0.2) is 4.39 Å². The summed E-state index contributed by atoms with van der Waals surface area (Å²) in [5, 5.41) is 10.3. The molecule has 41 heavy (non-hydrogen) atoms. The van der Waals surface area contributed by atoms with Crippen LogP contribution in [0.15, 0.2) is 42.5 Å². The number of benzene rings is 2. The number of methoxy groups -OCH3 is 1. The smallest absolute Gasteiger partial charge is 0.240 e. The van der Waals surface area contributed by atoms with Crippen molar-refractivity contribution in [3.63, 3.8) is 0 Å². The van der Waals surface area contributed by atoms with Gasteiger partial charge in [0.05, 0.1) is 19.8 Å². The average molecular weight is 578 g/mol. The highest BCUT2D eigenvalue weighted by Crippen LogP contribution is 2.31. The van der Waals surface area contributed by atoms with Gasteiger partial charge in [0.2, 0.25) is 11.8 Å². The van der Waals surface area contributed by atoms with E-state index < -0.39 is 11.9 Å². The summed E-state index contributed by atoms with van der Waals surface area (Å²) >= 11 is 0. The standard InChI is InChI=1S/C29H42FN3O5.C2H6O/c1-4-20(2)28(29(32)35)33-27(34)8-5-7-24(31)19-37-18-21-9-14-25(22-10-12-23(30)13-11-22)26(17-21)38-16-6-15-36-3;1-2-3/h9-14,17,20,24,28H,4-8,15-16,18-19,31H2,1-3H3,(H2,32,35)(H,33,34);3H,2H2,1H3. The number of hydrogen-bond acceptors (Lipinski definition) is 7. The van der Waals surface area contributed by atoms with Gasteiger partial charge in [-0.05, 0) is 55.0 Å². The fraction of sp³-hybridized carbons (Fsp3) is 0.548. The second kappa shape index (κ2) is 20.8. The lowest BCUT2D eigenvalue weighted by molar-refractivity contribution is -0.128. The van der Waals surface area contributed by atoms with E-state index in [0.717, 1.165) is 29.5 Å². The van der Waals surface area contributed by atoms with Crippen molar-refractivity contribution < 1.29 is 33.3 Å². The molecule has 0 radical (unpaired) electrons. The van der Waals surface area contributed by atoms with Crippen molar-refractivity contribution in [3.8, 4) is 16.9 Å². The minimum Gasteiger partial charge on any atom is -0.493 e. The monoisotopic (exact) mass is 577 g/mol. The number of primary amides is 1. The van der Waals surface area contributed by atoms with Crippen molar-refractivity contribution in [2.75, 3.05) is 33.5 Å². The molecule has 2 amide bonds. The lowest BCUT2D eigenvalue weighted by Crippen LogP contribution is -2.48. The Morgan fingerprint density at radius 2 is 1.76 bits per heavy atom. The Labute approximate surface area is 243 Å². The molecule has 0 saturated carbocycles. The number of rotatable bonds is 18. The van der Waals surface area contributed by atoms with Crippen LogP contribution in [0.1, 0.15) is 58.4 Å². The lowest BCUT2D eigenvalue weighted by atomic mass is 9.98. The van der Waals surface area contributed by atoms with E-state index in [2.05, 4.69) is 5.32 Å². The number of aliphatic hydroxyl groups excluding tert-OH is 1. The Balaban J connectivity index is 0.00000268. The summed E-state index contributed by atoms with van der Waals surface area (Å²) in [6, 6.07) is 11.2. The molecule has 2 rings (SSSR count). The summed E-state index contributed by atoms with van der Waals surface area (Å²) in [4.78, 5) is 23.8. The third-order valence-corrected chi connectivity index (χ3v) is 6.37. The van der Waals surface area contributed by atoms with Crippen LogP contribution < -0.4 is 21.5 Å². The molecule has 0 heterocycles. The Morgan fingerprint density at radius 1 is 1.07 bits per heavy atom. The first-order valence-electron chi connectivity index (χ1n) is 14.2. The lowest BCUT2D eigenvalue weighted by Gasteiger charge is -2.21. The third kappa shape index (κ3) is 14.4. The second-order valence-corrected chi connectivity index (χ2v) is 9.85. The fourth-order valence-electron chi connectivity index (χ4n) is 3.94. The Kier molecular flexibility index (Phi) is 18.2. The number of nitrogens with one attached hydrogen (secondary N) is 1. The maximum atomic E-state index is 13.4. The molecule has 0 bridgehead atoms. The van der Waals surface area contributed by atoms with Crippen LogP contribution >= 0.6 is 0 Å². The van der Waals surface area contributed by atoms with Crippen molar-refractivity contribution in [3.05, 3.63) is 53.8 Å². The van der Waals surface area contributed by atoms with Crippen LogP contribution in [0.4, 0.5) is 4.39 Å². The van der Waals surface area contributed by atoms with Crippen molar-refractivity contribution in [1.82, 2.24) is 5.32 Å². The van der Waals surface area contributed by atoms with E-state index >= 15 is 0 Å². The van der Waals surface area contributed by atoms with Crippen LogP contribution in [0, 0.1) is 11.7 Å². The van der Waals surface area contributed by atoms with Gasteiger partial charge in [-0.1, -0.05) is 44.5 Å².